The van der Waals surface area contributed by atoms with E-state index in [9.17, 15) is 9.59 Å². The molecule has 1 heterocycles. The molecule has 2 fully saturated rings. The van der Waals surface area contributed by atoms with Crippen LogP contribution in [0, 0.1) is 5.92 Å². The Labute approximate surface area is 147 Å². The van der Waals surface area contributed by atoms with Gasteiger partial charge < -0.3 is 15.0 Å². The molecule has 1 unspecified atom stereocenters. The molecule has 1 saturated carbocycles. The second kappa shape index (κ2) is 7.92. The molecule has 0 spiro atoms. The number of benzene rings is 1. The Morgan fingerprint density at radius 2 is 2.04 bits per heavy atom. The summed E-state index contributed by atoms with van der Waals surface area (Å²) in [7, 11) is 1.64. The van der Waals surface area contributed by atoms with E-state index < -0.39 is 0 Å². The molecule has 24 heavy (non-hydrogen) atoms. The van der Waals surface area contributed by atoms with Crippen molar-refractivity contribution in [1.82, 2.24) is 10.2 Å². The van der Waals surface area contributed by atoms with Crippen molar-refractivity contribution in [3.05, 3.63) is 29.8 Å². The van der Waals surface area contributed by atoms with Gasteiger partial charge in [-0.25, -0.2) is 0 Å². The summed E-state index contributed by atoms with van der Waals surface area (Å²) in [4.78, 5) is 26.6. The van der Waals surface area contributed by atoms with Crippen LogP contribution >= 0.6 is 11.8 Å². The van der Waals surface area contributed by atoms with Crippen LogP contribution in [-0.2, 0) is 16.0 Å². The first-order chi connectivity index (χ1) is 11.7. The van der Waals surface area contributed by atoms with Crippen molar-refractivity contribution in [1.29, 1.82) is 0 Å². The van der Waals surface area contributed by atoms with Gasteiger partial charge in [0.1, 0.15) is 11.8 Å². The van der Waals surface area contributed by atoms with Crippen molar-refractivity contribution >= 4 is 23.6 Å². The van der Waals surface area contributed by atoms with Gasteiger partial charge in [0.05, 0.1) is 13.0 Å². The van der Waals surface area contributed by atoms with Gasteiger partial charge in [0.25, 0.3) is 0 Å². The summed E-state index contributed by atoms with van der Waals surface area (Å²) in [6, 6.07) is 7.45. The average Bonchev–Trinajstić information content (AvgIpc) is 3.31. The van der Waals surface area contributed by atoms with Gasteiger partial charge in [0.15, 0.2) is 0 Å². The number of amides is 2. The summed E-state index contributed by atoms with van der Waals surface area (Å²) in [5, 5.41) is 3.00. The third kappa shape index (κ3) is 4.44. The fourth-order valence-corrected chi connectivity index (χ4v) is 3.96. The van der Waals surface area contributed by atoms with Crippen LogP contribution in [0.2, 0.25) is 0 Å². The molecule has 1 aromatic carbocycles. The number of hydrogen-bond acceptors (Lipinski definition) is 4. The van der Waals surface area contributed by atoms with Crippen LogP contribution in [0.4, 0.5) is 0 Å². The first-order valence-electron chi connectivity index (χ1n) is 8.45. The zero-order valence-electron chi connectivity index (χ0n) is 14.0. The number of nitrogens with one attached hydrogen (secondary N) is 1. The highest BCUT2D eigenvalue weighted by Gasteiger charge is 2.34. The van der Waals surface area contributed by atoms with Gasteiger partial charge in [-0.3, -0.25) is 9.59 Å². The molecule has 5 nitrogen and oxygen atoms in total. The number of carbonyl (C=O) groups excluding carboxylic acids is 2. The highest BCUT2D eigenvalue weighted by Crippen LogP contribution is 2.28. The average molecular weight is 348 g/mol. The number of carbonyl (C=O) groups is 2. The third-order valence-electron chi connectivity index (χ3n) is 4.55. The Morgan fingerprint density at radius 1 is 1.29 bits per heavy atom. The Balaban J connectivity index is 1.49. The minimum absolute atomic E-state index is 0.00435. The van der Waals surface area contributed by atoms with Gasteiger partial charge in [0.2, 0.25) is 11.8 Å². The van der Waals surface area contributed by atoms with E-state index in [0.29, 0.717) is 30.4 Å². The quantitative estimate of drug-likeness (QED) is 0.819. The molecule has 2 aliphatic rings. The van der Waals surface area contributed by atoms with Crippen LogP contribution in [-0.4, -0.2) is 48.0 Å². The standard InChI is InChI=1S/C18H24N2O3S/c1-23-15-7-4-13(5-8-15)6-9-17(21)20-12-24-11-16(20)18(22)19-10-14-2-3-14/h4-5,7-8,14,16H,2-3,6,9-12H2,1H3,(H,19,22). The lowest BCUT2D eigenvalue weighted by atomic mass is 10.1. The minimum atomic E-state index is -0.308. The number of methoxy groups -OCH3 is 1. The van der Waals surface area contributed by atoms with Gasteiger partial charge in [0, 0.05) is 18.7 Å². The predicted molar refractivity (Wildman–Crippen MR) is 95.0 cm³/mol. The highest BCUT2D eigenvalue weighted by molar-refractivity contribution is 7.99. The normalized spacial score (nSPS) is 20.0. The fraction of sp³-hybridized carbons (Fsp3) is 0.556. The first-order valence-corrected chi connectivity index (χ1v) is 9.60. The van der Waals surface area contributed by atoms with E-state index >= 15 is 0 Å². The Kier molecular flexibility index (Phi) is 5.66. The van der Waals surface area contributed by atoms with Crippen molar-refractivity contribution < 1.29 is 14.3 Å². The maximum atomic E-state index is 12.5. The van der Waals surface area contributed by atoms with E-state index in [1.54, 1.807) is 23.8 Å². The van der Waals surface area contributed by atoms with Crippen LogP contribution in [0.15, 0.2) is 24.3 Å². The number of rotatable bonds is 7. The van der Waals surface area contributed by atoms with E-state index in [-0.39, 0.29) is 17.9 Å². The Hall–Kier alpha value is -1.69. The molecule has 0 bridgehead atoms. The number of ether oxygens (including phenoxy) is 1. The highest BCUT2D eigenvalue weighted by atomic mass is 32.2. The van der Waals surface area contributed by atoms with Crippen LogP contribution in [0.5, 0.6) is 5.75 Å². The van der Waals surface area contributed by atoms with E-state index in [2.05, 4.69) is 5.32 Å². The molecule has 130 valence electrons. The smallest absolute Gasteiger partial charge is 0.243 e. The Morgan fingerprint density at radius 3 is 2.71 bits per heavy atom. The lowest BCUT2D eigenvalue weighted by Crippen LogP contribution is -2.47. The number of nitrogens with zero attached hydrogens (tertiary/aromatic N) is 1. The minimum Gasteiger partial charge on any atom is -0.497 e. The molecule has 1 atom stereocenters. The van der Waals surface area contributed by atoms with Crippen LogP contribution in [0.25, 0.3) is 0 Å². The Bertz CT molecular complexity index is 586. The maximum absolute atomic E-state index is 12.5. The van der Waals surface area contributed by atoms with Crippen molar-refractivity contribution in [2.75, 3.05) is 25.3 Å². The summed E-state index contributed by atoms with van der Waals surface area (Å²) >= 11 is 1.65. The molecule has 0 aromatic heterocycles. The van der Waals surface area contributed by atoms with Crippen molar-refractivity contribution in [2.24, 2.45) is 5.92 Å². The largest absolute Gasteiger partial charge is 0.497 e. The van der Waals surface area contributed by atoms with Crippen molar-refractivity contribution in [2.45, 2.75) is 31.7 Å². The third-order valence-corrected chi connectivity index (χ3v) is 5.57. The van der Waals surface area contributed by atoms with Crippen molar-refractivity contribution in [3.8, 4) is 5.75 Å². The number of aryl methyl sites for hydroxylation is 1. The van der Waals surface area contributed by atoms with Gasteiger partial charge in [-0.2, -0.15) is 0 Å². The first kappa shape index (κ1) is 17.1. The van der Waals surface area contributed by atoms with E-state index in [0.717, 1.165) is 17.9 Å². The predicted octanol–water partition coefficient (Wildman–Crippen LogP) is 2.06. The summed E-state index contributed by atoms with van der Waals surface area (Å²) in [6.07, 6.45) is 3.54. The van der Waals surface area contributed by atoms with E-state index in [1.807, 2.05) is 24.3 Å². The molecular formula is C18H24N2O3S. The van der Waals surface area contributed by atoms with Crippen LogP contribution in [0.3, 0.4) is 0 Å². The van der Waals surface area contributed by atoms with Gasteiger partial charge in [-0.15, -0.1) is 11.8 Å². The van der Waals surface area contributed by atoms with Gasteiger partial charge in [-0.05, 0) is 42.9 Å². The molecule has 0 radical (unpaired) electrons. The monoisotopic (exact) mass is 348 g/mol. The van der Waals surface area contributed by atoms with E-state index in [1.165, 1.54) is 12.8 Å². The van der Waals surface area contributed by atoms with Crippen LogP contribution in [0.1, 0.15) is 24.8 Å². The summed E-state index contributed by atoms with van der Waals surface area (Å²) < 4.78 is 5.14. The van der Waals surface area contributed by atoms with Gasteiger partial charge >= 0.3 is 0 Å². The van der Waals surface area contributed by atoms with Gasteiger partial charge in [-0.1, -0.05) is 12.1 Å². The second-order valence-corrected chi connectivity index (χ2v) is 7.42. The van der Waals surface area contributed by atoms with Crippen molar-refractivity contribution in [3.63, 3.8) is 0 Å². The fourth-order valence-electron chi connectivity index (χ4n) is 2.78. The topological polar surface area (TPSA) is 58.6 Å². The van der Waals surface area contributed by atoms with E-state index in [4.69, 9.17) is 4.74 Å². The molecule has 2 amide bonds. The number of hydrogen-bond donors (Lipinski definition) is 1. The molecule has 1 saturated heterocycles. The van der Waals surface area contributed by atoms with Crippen LogP contribution < -0.4 is 10.1 Å². The summed E-state index contributed by atoms with van der Waals surface area (Å²) in [5.41, 5.74) is 1.10. The molecule has 6 heteroatoms. The molecular weight excluding hydrogens is 324 g/mol. The zero-order chi connectivity index (χ0) is 16.9. The zero-order valence-corrected chi connectivity index (χ0v) is 14.8. The molecule has 1 aromatic rings. The summed E-state index contributed by atoms with van der Waals surface area (Å²) in [5.74, 6) is 2.84. The lowest BCUT2D eigenvalue weighted by Gasteiger charge is -2.23. The summed E-state index contributed by atoms with van der Waals surface area (Å²) in [6.45, 7) is 0.758. The second-order valence-electron chi connectivity index (χ2n) is 6.42. The molecule has 1 aliphatic carbocycles. The molecule has 3 rings (SSSR count). The SMILES string of the molecule is COc1ccc(CCC(=O)N2CSCC2C(=O)NCC2CC2)cc1. The maximum Gasteiger partial charge on any atom is 0.243 e. The molecule has 1 N–H and O–H groups in total. The molecule has 1 aliphatic heterocycles. The number of thioether (sulfide) groups is 1. The lowest BCUT2D eigenvalue weighted by molar-refractivity contribution is -0.138.